The lowest BCUT2D eigenvalue weighted by molar-refractivity contribution is -0.149. The highest BCUT2D eigenvalue weighted by atomic mass is 16.5. The fourth-order valence-corrected chi connectivity index (χ4v) is 3.41. The van der Waals surface area contributed by atoms with Gasteiger partial charge >= 0.3 is 5.97 Å². The van der Waals surface area contributed by atoms with Gasteiger partial charge in [0, 0.05) is 25.2 Å². The van der Waals surface area contributed by atoms with Crippen LogP contribution in [0.1, 0.15) is 37.9 Å². The molecule has 1 fully saturated rings. The van der Waals surface area contributed by atoms with Crippen LogP contribution in [-0.2, 0) is 16.1 Å². The number of piperidine rings is 1. The zero-order valence-corrected chi connectivity index (χ0v) is 17.5. The van der Waals surface area contributed by atoms with Crippen LogP contribution in [-0.4, -0.2) is 48.1 Å². The van der Waals surface area contributed by atoms with Gasteiger partial charge in [0.25, 0.3) is 0 Å². The number of carbonyl (C=O) groups is 1. The van der Waals surface area contributed by atoms with Crippen molar-refractivity contribution in [2.24, 2.45) is 10.9 Å². The average molecular weight is 399 g/mol. The summed E-state index contributed by atoms with van der Waals surface area (Å²) in [4.78, 5) is 23.6. The zero-order chi connectivity index (χ0) is 20.6. The predicted molar refractivity (Wildman–Crippen MR) is 112 cm³/mol. The molecule has 1 unspecified atom stereocenters. The minimum atomic E-state index is -0.118. The van der Waals surface area contributed by atoms with Gasteiger partial charge in [0.1, 0.15) is 12.0 Å². The number of nitrogens with one attached hydrogen (secondary N) is 1. The van der Waals surface area contributed by atoms with Crippen LogP contribution >= 0.6 is 0 Å². The number of likely N-dealkylation sites (tertiary alicyclic amines) is 1. The number of nitrogens with zero attached hydrogens (tertiary/aromatic N) is 3. The number of guanidine groups is 1. The van der Waals surface area contributed by atoms with Gasteiger partial charge in [-0.05, 0) is 45.7 Å². The molecule has 0 aliphatic carbocycles. The predicted octanol–water partition coefficient (Wildman–Crippen LogP) is 3.39. The molecule has 0 spiro atoms. The van der Waals surface area contributed by atoms with Crippen molar-refractivity contribution in [1.29, 1.82) is 0 Å². The molecule has 0 radical (unpaired) electrons. The SMILES string of the molecule is CCNC(=NCc1coc(-c2ccc(C)cc2)n1)N1CCCC(C(=O)OCC)C1. The molecule has 7 nitrogen and oxygen atoms in total. The number of hydrogen-bond donors (Lipinski definition) is 1. The number of hydrogen-bond acceptors (Lipinski definition) is 5. The van der Waals surface area contributed by atoms with Crippen LogP contribution in [0.2, 0.25) is 0 Å². The first-order chi connectivity index (χ1) is 14.1. The number of carbonyl (C=O) groups excluding carboxylic acids is 1. The highest BCUT2D eigenvalue weighted by Gasteiger charge is 2.28. The van der Waals surface area contributed by atoms with E-state index in [1.807, 2.05) is 38.1 Å². The maximum atomic E-state index is 12.1. The quantitative estimate of drug-likeness (QED) is 0.456. The molecule has 1 aliphatic heterocycles. The number of aromatic nitrogens is 1. The second kappa shape index (κ2) is 10.1. The van der Waals surface area contributed by atoms with Crippen LogP contribution in [0.25, 0.3) is 11.5 Å². The molecule has 3 rings (SSSR count). The van der Waals surface area contributed by atoms with E-state index in [-0.39, 0.29) is 11.9 Å². The van der Waals surface area contributed by atoms with Crippen molar-refractivity contribution in [2.75, 3.05) is 26.2 Å². The third-order valence-corrected chi connectivity index (χ3v) is 4.92. The minimum Gasteiger partial charge on any atom is -0.466 e. The van der Waals surface area contributed by atoms with E-state index in [1.54, 1.807) is 6.26 Å². The van der Waals surface area contributed by atoms with Gasteiger partial charge in [-0.15, -0.1) is 0 Å². The molecule has 1 saturated heterocycles. The number of ether oxygens (including phenoxy) is 1. The van der Waals surface area contributed by atoms with Crippen LogP contribution in [0.15, 0.2) is 39.9 Å². The van der Waals surface area contributed by atoms with Gasteiger partial charge in [-0.1, -0.05) is 17.7 Å². The molecule has 0 saturated carbocycles. The molecule has 1 aliphatic rings. The first-order valence-corrected chi connectivity index (χ1v) is 10.3. The largest absolute Gasteiger partial charge is 0.466 e. The molecule has 2 heterocycles. The molecule has 0 bridgehead atoms. The summed E-state index contributed by atoms with van der Waals surface area (Å²) in [5, 5.41) is 3.32. The molecular weight excluding hydrogens is 368 g/mol. The Labute approximate surface area is 172 Å². The lowest BCUT2D eigenvalue weighted by Crippen LogP contribution is -2.48. The Morgan fingerprint density at radius 3 is 2.86 bits per heavy atom. The van der Waals surface area contributed by atoms with Crippen LogP contribution < -0.4 is 5.32 Å². The zero-order valence-electron chi connectivity index (χ0n) is 17.5. The number of benzene rings is 1. The highest BCUT2D eigenvalue weighted by molar-refractivity contribution is 5.81. The second-order valence-corrected chi connectivity index (χ2v) is 7.22. The van der Waals surface area contributed by atoms with Gasteiger partial charge in [-0.25, -0.2) is 9.98 Å². The highest BCUT2D eigenvalue weighted by Crippen LogP contribution is 2.20. The summed E-state index contributed by atoms with van der Waals surface area (Å²) in [7, 11) is 0. The van der Waals surface area contributed by atoms with E-state index in [9.17, 15) is 4.79 Å². The number of rotatable bonds is 6. The maximum Gasteiger partial charge on any atom is 0.310 e. The first kappa shape index (κ1) is 20.9. The molecule has 1 atom stereocenters. The molecule has 1 N–H and O–H groups in total. The van der Waals surface area contributed by atoms with Crippen LogP contribution in [0.5, 0.6) is 0 Å². The van der Waals surface area contributed by atoms with E-state index in [0.717, 1.165) is 43.1 Å². The van der Waals surface area contributed by atoms with Crippen molar-refractivity contribution in [3.63, 3.8) is 0 Å². The van der Waals surface area contributed by atoms with Gasteiger partial charge in [0.15, 0.2) is 5.96 Å². The fourth-order valence-electron chi connectivity index (χ4n) is 3.41. The third kappa shape index (κ3) is 5.59. The Kier molecular flexibility index (Phi) is 7.27. The van der Waals surface area contributed by atoms with E-state index in [4.69, 9.17) is 14.1 Å². The molecule has 2 aromatic rings. The molecule has 7 heteroatoms. The topological polar surface area (TPSA) is 80.0 Å². The van der Waals surface area contributed by atoms with Crippen molar-refractivity contribution >= 4 is 11.9 Å². The summed E-state index contributed by atoms with van der Waals surface area (Å²) in [6.07, 6.45) is 3.45. The van der Waals surface area contributed by atoms with Crippen molar-refractivity contribution in [2.45, 2.75) is 40.2 Å². The summed E-state index contributed by atoms with van der Waals surface area (Å²) < 4.78 is 10.8. The van der Waals surface area contributed by atoms with Crippen LogP contribution in [0.3, 0.4) is 0 Å². The number of oxazole rings is 1. The lowest BCUT2D eigenvalue weighted by atomic mass is 9.98. The Balaban J connectivity index is 1.67. The smallest absolute Gasteiger partial charge is 0.310 e. The van der Waals surface area contributed by atoms with Gasteiger partial charge in [-0.2, -0.15) is 0 Å². The van der Waals surface area contributed by atoms with E-state index >= 15 is 0 Å². The maximum absolute atomic E-state index is 12.1. The third-order valence-electron chi connectivity index (χ3n) is 4.92. The van der Waals surface area contributed by atoms with Gasteiger partial charge in [-0.3, -0.25) is 4.79 Å². The molecular formula is C22H30N4O3. The molecule has 29 heavy (non-hydrogen) atoms. The molecule has 0 amide bonds. The number of aliphatic imine (C=N–C) groups is 1. The molecule has 1 aromatic carbocycles. The number of aryl methyl sites for hydroxylation is 1. The van der Waals surface area contributed by atoms with Crippen molar-refractivity contribution < 1.29 is 13.9 Å². The number of esters is 1. The lowest BCUT2D eigenvalue weighted by Gasteiger charge is -2.33. The van der Waals surface area contributed by atoms with Gasteiger partial charge in [0.2, 0.25) is 5.89 Å². The Hall–Kier alpha value is -2.83. The average Bonchev–Trinajstić information content (AvgIpc) is 3.21. The fraction of sp³-hybridized carbons (Fsp3) is 0.500. The minimum absolute atomic E-state index is 0.104. The van der Waals surface area contributed by atoms with E-state index in [1.165, 1.54) is 5.56 Å². The van der Waals surface area contributed by atoms with Crippen molar-refractivity contribution in [1.82, 2.24) is 15.2 Å². The summed E-state index contributed by atoms with van der Waals surface area (Å²) in [6, 6.07) is 8.08. The molecule has 156 valence electrons. The van der Waals surface area contributed by atoms with E-state index in [2.05, 4.69) is 22.1 Å². The summed E-state index contributed by atoms with van der Waals surface area (Å²) >= 11 is 0. The van der Waals surface area contributed by atoms with Crippen LogP contribution in [0.4, 0.5) is 0 Å². The standard InChI is InChI=1S/C22H30N4O3/c1-4-23-22(26-12-6-7-18(14-26)21(27)28-5-2)24-13-19-15-29-20(25-19)17-10-8-16(3)9-11-17/h8-11,15,18H,4-7,12-14H2,1-3H3,(H,23,24). The van der Waals surface area contributed by atoms with Crippen LogP contribution in [0, 0.1) is 12.8 Å². The second-order valence-electron chi connectivity index (χ2n) is 7.22. The first-order valence-electron chi connectivity index (χ1n) is 10.3. The molecule has 1 aromatic heterocycles. The monoisotopic (exact) mass is 398 g/mol. The Morgan fingerprint density at radius 2 is 2.14 bits per heavy atom. The van der Waals surface area contributed by atoms with Gasteiger partial charge < -0.3 is 19.4 Å². The summed E-state index contributed by atoms with van der Waals surface area (Å²) in [6.45, 7) is 9.01. The van der Waals surface area contributed by atoms with E-state index < -0.39 is 0 Å². The Bertz CT molecular complexity index is 829. The summed E-state index contributed by atoms with van der Waals surface area (Å²) in [5.74, 6) is 1.17. The van der Waals surface area contributed by atoms with Crippen molar-refractivity contribution in [3.05, 3.63) is 41.8 Å². The van der Waals surface area contributed by atoms with Crippen molar-refractivity contribution in [3.8, 4) is 11.5 Å². The summed E-state index contributed by atoms with van der Waals surface area (Å²) in [5.41, 5.74) is 2.92. The van der Waals surface area contributed by atoms with E-state index in [0.29, 0.717) is 25.6 Å². The Morgan fingerprint density at radius 1 is 1.34 bits per heavy atom. The van der Waals surface area contributed by atoms with Gasteiger partial charge in [0.05, 0.1) is 19.1 Å². The normalized spacial score (nSPS) is 17.3.